The number of nitrogens with zero attached hydrogens (tertiary/aromatic N) is 1. The molecule has 14 heavy (non-hydrogen) atoms. The molecule has 0 aromatic carbocycles. The highest BCUT2D eigenvalue weighted by Gasteiger charge is 2.47. The van der Waals surface area contributed by atoms with E-state index in [0.717, 1.165) is 0 Å². The van der Waals surface area contributed by atoms with Crippen LogP contribution in [0, 0.1) is 11.8 Å². The predicted octanol–water partition coefficient (Wildman–Crippen LogP) is -1.40. The van der Waals surface area contributed by atoms with Crippen molar-refractivity contribution in [1.82, 2.24) is 15.8 Å². The number of amides is 1. The zero-order valence-electron chi connectivity index (χ0n) is 7.86. The van der Waals surface area contributed by atoms with Gasteiger partial charge in [-0.2, -0.15) is 0 Å². The minimum atomic E-state index is -0.832. The average Bonchev–Trinajstić information content (AvgIpc) is 2.45. The van der Waals surface area contributed by atoms with E-state index in [1.807, 2.05) is 0 Å². The maximum Gasteiger partial charge on any atom is 0.308 e. The SMILES string of the molecule is CC1C(C(=O)O)CN2NCNC(=O)C12. The molecule has 0 bridgehead atoms. The van der Waals surface area contributed by atoms with Gasteiger partial charge in [0, 0.05) is 6.54 Å². The zero-order chi connectivity index (χ0) is 10.3. The van der Waals surface area contributed by atoms with Crippen LogP contribution in [-0.4, -0.2) is 41.2 Å². The summed E-state index contributed by atoms with van der Waals surface area (Å²) < 4.78 is 0. The van der Waals surface area contributed by atoms with Crippen LogP contribution in [-0.2, 0) is 9.59 Å². The second-order valence-corrected chi connectivity index (χ2v) is 3.78. The topological polar surface area (TPSA) is 81.7 Å². The number of aliphatic carboxylic acids is 1. The van der Waals surface area contributed by atoms with Gasteiger partial charge in [-0.1, -0.05) is 6.92 Å². The lowest BCUT2D eigenvalue weighted by Crippen LogP contribution is -2.60. The Kier molecular flexibility index (Phi) is 2.16. The molecule has 0 aromatic rings. The first kappa shape index (κ1) is 9.42. The lowest BCUT2D eigenvalue weighted by atomic mass is 9.92. The lowest BCUT2D eigenvalue weighted by Gasteiger charge is -2.31. The van der Waals surface area contributed by atoms with Crippen LogP contribution in [0.15, 0.2) is 0 Å². The normalized spacial score (nSPS) is 37.8. The molecule has 6 nitrogen and oxygen atoms in total. The molecule has 0 aromatic heterocycles. The van der Waals surface area contributed by atoms with Crippen LogP contribution in [0.4, 0.5) is 0 Å². The van der Waals surface area contributed by atoms with E-state index >= 15 is 0 Å². The first-order chi connectivity index (χ1) is 6.61. The Labute approximate surface area is 81.2 Å². The molecular weight excluding hydrogens is 186 g/mol. The summed E-state index contributed by atoms with van der Waals surface area (Å²) in [6.45, 7) is 2.58. The van der Waals surface area contributed by atoms with E-state index in [9.17, 15) is 9.59 Å². The third kappa shape index (κ3) is 1.27. The van der Waals surface area contributed by atoms with Crippen molar-refractivity contribution < 1.29 is 14.7 Å². The van der Waals surface area contributed by atoms with Gasteiger partial charge in [-0.3, -0.25) is 9.59 Å². The van der Waals surface area contributed by atoms with Crippen LogP contribution in [0.1, 0.15) is 6.92 Å². The number of carbonyl (C=O) groups is 2. The molecule has 0 saturated carbocycles. The molecular formula is C8H13N3O3. The molecule has 3 N–H and O–H groups in total. The maximum absolute atomic E-state index is 11.5. The number of hydrazine groups is 1. The zero-order valence-corrected chi connectivity index (χ0v) is 7.86. The minimum absolute atomic E-state index is 0.0833. The molecule has 1 amide bonds. The summed E-state index contributed by atoms with van der Waals surface area (Å²) in [7, 11) is 0. The fraction of sp³-hybridized carbons (Fsp3) is 0.750. The molecule has 2 fully saturated rings. The number of carboxylic acid groups (broad SMARTS) is 1. The van der Waals surface area contributed by atoms with E-state index in [0.29, 0.717) is 13.2 Å². The number of fused-ring (bicyclic) bond motifs is 1. The van der Waals surface area contributed by atoms with Crippen molar-refractivity contribution in [1.29, 1.82) is 0 Å². The van der Waals surface area contributed by atoms with Gasteiger partial charge in [-0.05, 0) is 5.92 Å². The third-order valence-corrected chi connectivity index (χ3v) is 2.99. The Bertz CT molecular complexity index is 281. The Morgan fingerprint density at radius 1 is 1.64 bits per heavy atom. The van der Waals surface area contributed by atoms with Crippen LogP contribution in [0.3, 0.4) is 0 Å². The summed E-state index contributed by atoms with van der Waals surface area (Å²) in [4.78, 5) is 22.3. The van der Waals surface area contributed by atoms with E-state index in [1.165, 1.54) is 0 Å². The van der Waals surface area contributed by atoms with E-state index in [-0.39, 0.29) is 17.9 Å². The summed E-state index contributed by atoms with van der Waals surface area (Å²) >= 11 is 0. The molecule has 2 aliphatic heterocycles. The summed E-state index contributed by atoms with van der Waals surface area (Å²) in [5.41, 5.74) is 2.96. The number of carboxylic acids is 1. The van der Waals surface area contributed by atoms with Gasteiger partial charge in [0.1, 0.15) is 6.04 Å². The van der Waals surface area contributed by atoms with Crippen molar-refractivity contribution in [3.8, 4) is 0 Å². The van der Waals surface area contributed by atoms with Gasteiger partial charge in [0.05, 0.1) is 12.6 Å². The van der Waals surface area contributed by atoms with Crippen molar-refractivity contribution in [2.24, 2.45) is 11.8 Å². The van der Waals surface area contributed by atoms with Gasteiger partial charge < -0.3 is 10.4 Å². The largest absolute Gasteiger partial charge is 0.481 e. The van der Waals surface area contributed by atoms with Gasteiger partial charge in [0.15, 0.2) is 0 Å². The number of rotatable bonds is 1. The summed E-state index contributed by atoms with van der Waals surface area (Å²) in [6.07, 6.45) is 0. The number of hydrogen-bond donors (Lipinski definition) is 3. The van der Waals surface area contributed by atoms with E-state index in [2.05, 4.69) is 10.7 Å². The average molecular weight is 199 g/mol. The highest BCUT2D eigenvalue weighted by molar-refractivity contribution is 5.84. The fourth-order valence-corrected chi connectivity index (χ4v) is 2.17. The Balaban J connectivity index is 2.19. The highest BCUT2D eigenvalue weighted by atomic mass is 16.4. The Morgan fingerprint density at radius 2 is 2.36 bits per heavy atom. The van der Waals surface area contributed by atoms with E-state index in [4.69, 9.17) is 5.11 Å². The molecule has 3 atom stereocenters. The highest BCUT2D eigenvalue weighted by Crippen LogP contribution is 2.29. The summed E-state index contributed by atoms with van der Waals surface area (Å²) in [5.74, 6) is -1.53. The van der Waals surface area contributed by atoms with Crippen molar-refractivity contribution in [3.05, 3.63) is 0 Å². The third-order valence-electron chi connectivity index (χ3n) is 2.99. The lowest BCUT2D eigenvalue weighted by molar-refractivity contribution is -0.142. The van der Waals surface area contributed by atoms with Crippen molar-refractivity contribution in [2.75, 3.05) is 13.2 Å². The minimum Gasteiger partial charge on any atom is -0.481 e. The standard InChI is InChI=1S/C8H13N3O3/c1-4-5(8(13)14)2-11-6(4)7(12)9-3-10-11/h4-6,10H,2-3H2,1H3,(H,9,12)(H,13,14). The van der Waals surface area contributed by atoms with Crippen LogP contribution in [0.2, 0.25) is 0 Å². The molecule has 2 aliphatic rings. The Morgan fingerprint density at radius 3 is 2.93 bits per heavy atom. The van der Waals surface area contributed by atoms with E-state index < -0.39 is 11.9 Å². The summed E-state index contributed by atoms with van der Waals surface area (Å²) in [5, 5.41) is 13.3. The molecule has 2 saturated heterocycles. The van der Waals surface area contributed by atoms with Crippen molar-refractivity contribution in [3.63, 3.8) is 0 Å². The maximum atomic E-state index is 11.5. The van der Waals surface area contributed by atoms with Gasteiger partial charge in [0.25, 0.3) is 0 Å². The van der Waals surface area contributed by atoms with Crippen molar-refractivity contribution >= 4 is 11.9 Å². The second kappa shape index (κ2) is 3.21. The molecule has 78 valence electrons. The van der Waals surface area contributed by atoms with Crippen LogP contribution in [0.25, 0.3) is 0 Å². The molecule has 6 heteroatoms. The first-order valence-electron chi connectivity index (χ1n) is 4.62. The molecule has 3 unspecified atom stereocenters. The van der Waals surface area contributed by atoms with Gasteiger partial charge >= 0.3 is 5.97 Å². The number of hydrogen-bond acceptors (Lipinski definition) is 4. The quantitative estimate of drug-likeness (QED) is 0.484. The fourth-order valence-electron chi connectivity index (χ4n) is 2.17. The Hall–Kier alpha value is -1.14. The first-order valence-corrected chi connectivity index (χ1v) is 4.62. The van der Waals surface area contributed by atoms with Crippen LogP contribution < -0.4 is 10.7 Å². The number of carbonyl (C=O) groups excluding carboxylic acids is 1. The second-order valence-electron chi connectivity index (χ2n) is 3.78. The van der Waals surface area contributed by atoms with E-state index in [1.54, 1.807) is 11.9 Å². The van der Waals surface area contributed by atoms with Crippen LogP contribution in [0.5, 0.6) is 0 Å². The monoisotopic (exact) mass is 199 g/mol. The van der Waals surface area contributed by atoms with Gasteiger partial charge in [-0.15, -0.1) is 0 Å². The number of nitrogens with one attached hydrogen (secondary N) is 2. The molecule has 0 radical (unpaired) electrons. The predicted molar refractivity (Wildman–Crippen MR) is 46.9 cm³/mol. The molecule has 2 heterocycles. The van der Waals surface area contributed by atoms with Crippen molar-refractivity contribution in [2.45, 2.75) is 13.0 Å². The molecule has 0 spiro atoms. The smallest absolute Gasteiger partial charge is 0.308 e. The van der Waals surface area contributed by atoms with Gasteiger partial charge in [0.2, 0.25) is 5.91 Å². The van der Waals surface area contributed by atoms with Gasteiger partial charge in [-0.25, -0.2) is 10.4 Å². The summed E-state index contributed by atoms with van der Waals surface area (Å²) in [6, 6.07) is -0.343. The molecule has 0 aliphatic carbocycles. The van der Waals surface area contributed by atoms with Crippen LogP contribution >= 0.6 is 0 Å². The molecule has 2 rings (SSSR count).